The van der Waals surface area contributed by atoms with Gasteiger partial charge in [0.25, 0.3) is 5.91 Å². The average Bonchev–Trinajstić information content (AvgIpc) is 3.07. The molecule has 4 rings (SSSR count). The van der Waals surface area contributed by atoms with Gasteiger partial charge < -0.3 is 15.5 Å². The maximum Gasteiger partial charge on any atom is 0.256 e. The number of benzene rings is 1. The molecule has 2 aromatic heterocycles. The van der Waals surface area contributed by atoms with Gasteiger partial charge in [-0.2, -0.15) is 5.10 Å². The fourth-order valence-corrected chi connectivity index (χ4v) is 3.87. The zero-order valence-corrected chi connectivity index (χ0v) is 18.1. The van der Waals surface area contributed by atoms with E-state index in [-0.39, 0.29) is 17.7 Å². The zero-order chi connectivity index (χ0) is 22.1. The minimum absolute atomic E-state index is 0.108. The molecule has 0 unspecified atom stereocenters. The predicted molar refractivity (Wildman–Crippen MR) is 119 cm³/mol. The summed E-state index contributed by atoms with van der Waals surface area (Å²) in [7, 11) is 1.87. The highest BCUT2D eigenvalue weighted by atomic mass is 16.2. The number of hydrogen-bond acceptors (Lipinski definition) is 5. The Bertz CT molecular complexity index is 1140. The van der Waals surface area contributed by atoms with Gasteiger partial charge in [0.1, 0.15) is 12.0 Å². The van der Waals surface area contributed by atoms with E-state index in [0.29, 0.717) is 23.6 Å². The largest absolute Gasteiger partial charge is 0.335 e. The van der Waals surface area contributed by atoms with Crippen LogP contribution in [0.25, 0.3) is 0 Å². The van der Waals surface area contributed by atoms with Crippen LogP contribution in [0, 0.1) is 19.8 Å². The van der Waals surface area contributed by atoms with Crippen molar-refractivity contribution in [2.45, 2.75) is 33.5 Å². The number of para-hydroxylation sites is 1. The van der Waals surface area contributed by atoms with E-state index in [1.54, 1.807) is 18.3 Å². The van der Waals surface area contributed by atoms with Crippen LogP contribution in [0.1, 0.15) is 40.4 Å². The number of pyridine rings is 1. The molecule has 2 N–H and O–H groups in total. The summed E-state index contributed by atoms with van der Waals surface area (Å²) in [5.74, 6) is 0.0240. The van der Waals surface area contributed by atoms with Crippen molar-refractivity contribution in [1.29, 1.82) is 0 Å². The number of aryl methyl sites for hydroxylation is 2. The molecule has 1 aliphatic rings. The number of nitrogens with one attached hydrogen (secondary N) is 2. The Hall–Kier alpha value is -3.68. The molecule has 3 aromatic rings. The number of carbonyl (C=O) groups excluding carboxylic acids is 2. The van der Waals surface area contributed by atoms with Gasteiger partial charge in [-0.05, 0) is 38.1 Å². The second-order valence-electron chi connectivity index (χ2n) is 7.95. The highest BCUT2D eigenvalue weighted by molar-refractivity contribution is 6.01. The standard InChI is InChI=1S/C23H26N6O2/c1-14(13-29-16(3)12-15(2)27-29)22(30)25-19-10-6-5-8-17(19)21-26-23(31)18-9-7-11-24-20(18)28(21)4/h5-12,14,21H,13H2,1-4H3,(H,25,30)(H,26,31)/t14-,21-/m0/s1. The molecule has 1 aliphatic heterocycles. The number of carbonyl (C=O) groups is 2. The van der Waals surface area contributed by atoms with Gasteiger partial charge in [-0.1, -0.05) is 25.1 Å². The molecule has 0 radical (unpaired) electrons. The molecule has 0 bridgehead atoms. The van der Waals surface area contributed by atoms with Crippen LogP contribution < -0.4 is 15.5 Å². The molecule has 0 saturated heterocycles. The van der Waals surface area contributed by atoms with Gasteiger partial charge in [0.15, 0.2) is 0 Å². The van der Waals surface area contributed by atoms with Crippen LogP contribution in [0.3, 0.4) is 0 Å². The minimum Gasteiger partial charge on any atom is -0.335 e. The molecule has 0 aliphatic carbocycles. The highest BCUT2D eigenvalue weighted by Gasteiger charge is 2.32. The molecule has 0 fully saturated rings. The van der Waals surface area contributed by atoms with Crippen LogP contribution in [0.5, 0.6) is 0 Å². The SMILES string of the molecule is Cc1cc(C)n(C[C@H](C)C(=O)Nc2ccccc2[C@H]2NC(=O)c3cccnc3N2C)n1. The smallest absolute Gasteiger partial charge is 0.256 e. The van der Waals surface area contributed by atoms with Gasteiger partial charge in [-0.25, -0.2) is 4.98 Å². The van der Waals surface area contributed by atoms with Crippen molar-refractivity contribution in [2.24, 2.45) is 5.92 Å². The maximum atomic E-state index is 12.9. The summed E-state index contributed by atoms with van der Waals surface area (Å²) in [6.45, 7) is 6.29. The Labute approximate surface area is 181 Å². The van der Waals surface area contributed by atoms with E-state index < -0.39 is 6.17 Å². The molecule has 0 saturated carbocycles. The number of amides is 2. The first-order valence-corrected chi connectivity index (χ1v) is 10.2. The van der Waals surface area contributed by atoms with Crippen LogP contribution in [-0.4, -0.2) is 33.6 Å². The van der Waals surface area contributed by atoms with Gasteiger partial charge in [-0.15, -0.1) is 0 Å². The Balaban J connectivity index is 1.56. The first kappa shape index (κ1) is 20.6. The van der Waals surface area contributed by atoms with Gasteiger partial charge >= 0.3 is 0 Å². The minimum atomic E-state index is -0.447. The second-order valence-corrected chi connectivity index (χ2v) is 7.95. The Morgan fingerprint density at radius 1 is 1.23 bits per heavy atom. The monoisotopic (exact) mass is 418 g/mol. The van der Waals surface area contributed by atoms with Gasteiger partial charge in [0.2, 0.25) is 5.91 Å². The van der Waals surface area contributed by atoms with Crippen molar-refractivity contribution in [3.63, 3.8) is 0 Å². The maximum absolute atomic E-state index is 12.9. The lowest BCUT2D eigenvalue weighted by Crippen LogP contribution is -2.45. The molecule has 8 heteroatoms. The third kappa shape index (κ3) is 4.01. The first-order chi connectivity index (χ1) is 14.8. The van der Waals surface area contributed by atoms with Crippen LogP contribution >= 0.6 is 0 Å². The molecule has 2 amide bonds. The average molecular weight is 419 g/mol. The second kappa shape index (κ2) is 8.22. The van der Waals surface area contributed by atoms with Crippen LogP contribution in [0.2, 0.25) is 0 Å². The molecular formula is C23H26N6O2. The number of anilines is 2. The van der Waals surface area contributed by atoms with Gasteiger partial charge in [0, 0.05) is 30.2 Å². The van der Waals surface area contributed by atoms with Crippen molar-refractivity contribution in [3.8, 4) is 0 Å². The van der Waals surface area contributed by atoms with E-state index in [1.807, 2.05) is 67.7 Å². The molecule has 3 heterocycles. The lowest BCUT2D eigenvalue weighted by atomic mass is 10.0. The van der Waals surface area contributed by atoms with Gasteiger partial charge in [-0.3, -0.25) is 14.3 Å². The quantitative estimate of drug-likeness (QED) is 0.664. The van der Waals surface area contributed by atoms with Crippen molar-refractivity contribution in [1.82, 2.24) is 20.1 Å². The summed E-state index contributed by atoms with van der Waals surface area (Å²) < 4.78 is 1.85. The molecule has 1 aromatic carbocycles. The number of aromatic nitrogens is 3. The summed E-state index contributed by atoms with van der Waals surface area (Å²) in [4.78, 5) is 31.8. The summed E-state index contributed by atoms with van der Waals surface area (Å²) in [6, 6.07) is 13.0. The van der Waals surface area contributed by atoms with E-state index in [0.717, 1.165) is 17.0 Å². The fourth-order valence-electron chi connectivity index (χ4n) is 3.87. The highest BCUT2D eigenvalue weighted by Crippen LogP contribution is 2.33. The van der Waals surface area contributed by atoms with Crippen molar-refractivity contribution >= 4 is 23.3 Å². The van der Waals surface area contributed by atoms with Crippen LogP contribution in [-0.2, 0) is 11.3 Å². The first-order valence-electron chi connectivity index (χ1n) is 10.2. The normalized spacial score (nSPS) is 16.5. The molecule has 160 valence electrons. The molecule has 31 heavy (non-hydrogen) atoms. The van der Waals surface area contributed by atoms with E-state index in [1.165, 1.54) is 0 Å². The molecule has 2 atom stereocenters. The lowest BCUT2D eigenvalue weighted by Gasteiger charge is -2.36. The number of rotatable bonds is 5. The van der Waals surface area contributed by atoms with Crippen LogP contribution in [0.4, 0.5) is 11.5 Å². The third-order valence-corrected chi connectivity index (χ3v) is 5.53. The predicted octanol–water partition coefficient (Wildman–Crippen LogP) is 3.05. The topological polar surface area (TPSA) is 92.2 Å². The molecule has 8 nitrogen and oxygen atoms in total. The zero-order valence-electron chi connectivity index (χ0n) is 18.1. The Morgan fingerprint density at radius 2 is 2.00 bits per heavy atom. The number of fused-ring (bicyclic) bond motifs is 1. The van der Waals surface area contributed by atoms with E-state index in [2.05, 4.69) is 20.7 Å². The van der Waals surface area contributed by atoms with Crippen LogP contribution in [0.15, 0.2) is 48.7 Å². The number of nitrogens with zero attached hydrogens (tertiary/aromatic N) is 4. The van der Waals surface area contributed by atoms with Gasteiger partial charge in [0.05, 0.1) is 23.7 Å². The summed E-state index contributed by atoms with van der Waals surface area (Å²) in [5, 5.41) is 10.5. The van der Waals surface area contributed by atoms with Crippen molar-refractivity contribution in [3.05, 3.63) is 71.2 Å². The van der Waals surface area contributed by atoms with Crippen molar-refractivity contribution in [2.75, 3.05) is 17.3 Å². The summed E-state index contributed by atoms with van der Waals surface area (Å²) >= 11 is 0. The van der Waals surface area contributed by atoms with E-state index in [9.17, 15) is 9.59 Å². The molecular weight excluding hydrogens is 392 g/mol. The summed E-state index contributed by atoms with van der Waals surface area (Å²) in [5.41, 5.74) is 3.93. The van der Waals surface area contributed by atoms with E-state index in [4.69, 9.17) is 0 Å². The van der Waals surface area contributed by atoms with Crippen molar-refractivity contribution < 1.29 is 9.59 Å². The summed E-state index contributed by atoms with van der Waals surface area (Å²) in [6.07, 6.45) is 1.22. The lowest BCUT2D eigenvalue weighted by molar-refractivity contribution is -0.119. The Kier molecular flexibility index (Phi) is 5.46. The molecule has 0 spiro atoms. The number of hydrogen-bond donors (Lipinski definition) is 2. The third-order valence-electron chi connectivity index (χ3n) is 5.53. The van der Waals surface area contributed by atoms with E-state index >= 15 is 0 Å². The fraction of sp³-hybridized carbons (Fsp3) is 0.304. The Morgan fingerprint density at radius 3 is 2.74 bits per heavy atom.